The van der Waals surface area contributed by atoms with E-state index in [2.05, 4.69) is 28.2 Å². The van der Waals surface area contributed by atoms with Gasteiger partial charge in [-0.1, -0.05) is 25.1 Å². The molecule has 0 amide bonds. The number of nitrogens with one attached hydrogen (secondary N) is 1. The Balaban J connectivity index is 2.18. The molecule has 1 aliphatic rings. The van der Waals surface area contributed by atoms with Crippen LogP contribution in [0.5, 0.6) is 0 Å². The Bertz CT molecular complexity index is 614. The van der Waals surface area contributed by atoms with E-state index in [-0.39, 0.29) is 0 Å². The highest BCUT2D eigenvalue weighted by Gasteiger charge is 2.26. The zero-order valence-corrected chi connectivity index (χ0v) is 14.6. The maximum Gasteiger partial charge on any atom is 0.244 e. The van der Waals surface area contributed by atoms with E-state index >= 15 is 0 Å². The van der Waals surface area contributed by atoms with Gasteiger partial charge in [0.15, 0.2) is 0 Å². The molecule has 2 rings (SSSR count). The molecule has 1 aromatic rings. The fourth-order valence-electron chi connectivity index (χ4n) is 2.25. The molecule has 0 radical (unpaired) electrons. The monoisotopic (exact) mass is 372 g/mol. The minimum absolute atomic E-state index is 0.344. The summed E-state index contributed by atoms with van der Waals surface area (Å²) in [6, 6.07) is 5.45. The van der Waals surface area contributed by atoms with Crippen molar-refractivity contribution < 1.29 is 8.42 Å². The van der Waals surface area contributed by atoms with Gasteiger partial charge in [-0.05, 0) is 53.0 Å². The molecule has 0 saturated heterocycles. The van der Waals surface area contributed by atoms with Gasteiger partial charge in [-0.2, -0.15) is 4.31 Å². The Morgan fingerprint density at radius 1 is 1.33 bits per heavy atom. The summed E-state index contributed by atoms with van der Waals surface area (Å²) in [4.78, 5) is 0.344. The first kappa shape index (κ1) is 16.7. The zero-order chi connectivity index (χ0) is 15.3. The topological polar surface area (TPSA) is 49.4 Å². The first-order valence-electron chi connectivity index (χ1n) is 7.20. The third-order valence-corrected chi connectivity index (χ3v) is 6.23. The van der Waals surface area contributed by atoms with E-state index in [1.54, 1.807) is 6.07 Å². The van der Waals surface area contributed by atoms with Gasteiger partial charge < -0.3 is 5.32 Å². The van der Waals surface area contributed by atoms with Crippen molar-refractivity contribution in [3.63, 3.8) is 0 Å². The molecule has 6 heteroatoms. The van der Waals surface area contributed by atoms with Gasteiger partial charge in [-0.3, -0.25) is 0 Å². The molecule has 1 heterocycles. The largest absolute Gasteiger partial charge is 0.313 e. The lowest BCUT2D eigenvalue weighted by Crippen LogP contribution is -2.34. The Labute approximate surface area is 135 Å². The second-order valence-electron chi connectivity index (χ2n) is 5.06. The minimum atomic E-state index is -3.42. The number of benzene rings is 1. The number of hydrogen-bond acceptors (Lipinski definition) is 3. The SMILES string of the molecule is CCCNCc1ccc(S(=O)(=O)N2CC=CCC2)c(Br)c1. The van der Waals surface area contributed by atoms with Gasteiger partial charge in [0.05, 0.1) is 4.90 Å². The molecule has 0 bridgehead atoms. The average Bonchev–Trinajstić information content (AvgIpc) is 2.48. The predicted octanol–water partition coefficient (Wildman–Crippen LogP) is 2.90. The predicted molar refractivity (Wildman–Crippen MR) is 88.7 cm³/mol. The molecule has 21 heavy (non-hydrogen) atoms. The summed E-state index contributed by atoms with van der Waals surface area (Å²) < 4.78 is 27.4. The zero-order valence-electron chi connectivity index (χ0n) is 12.2. The standard InChI is InChI=1S/C15H21BrN2O2S/c1-2-8-17-12-13-6-7-15(14(16)11-13)21(19,20)18-9-4-3-5-10-18/h3-4,6-7,11,17H,2,5,8-10,12H2,1H3. The van der Waals surface area contributed by atoms with E-state index < -0.39 is 10.0 Å². The molecule has 0 aromatic heterocycles. The second kappa shape index (κ2) is 7.54. The quantitative estimate of drug-likeness (QED) is 0.616. The minimum Gasteiger partial charge on any atom is -0.313 e. The van der Waals surface area contributed by atoms with Crippen LogP contribution in [-0.4, -0.2) is 32.4 Å². The molecule has 0 saturated carbocycles. The van der Waals surface area contributed by atoms with Crippen molar-refractivity contribution in [1.82, 2.24) is 9.62 Å². The fraction of sp³-hybridized carbons (Fsp3) is 0.467. The molecule has 0 atom stereocenters. The van der Waals surface area contributed by atoms with Crippen molar-refractivity contribution in [2.45, 2.75) is 31.2 Å². The lowest BCUT2D eigenvalue weighted by molar-refractivity contribution is 0.437. The summed E-state index contributed by atoms with van der Waals surface area (Å²) in [5, 5.41) is 3.31. The Morgan fingerprint density at radius 2 is 2.14 bits per heavy atom. The first-order chi connectivity index (χ1) is 10.1. The molecule has 0 spiro atoms. The lowest BCUT2D eigenvalue weighted by Gasteiger charge is -2.23. The van der Waals surface area contributed by atoms with Gasteiger partial charge in [0, 0.05) is 24.1 Å². The van der Waals surface area contributed by atoms with Gasteiger partial charge in [0.1, 0.15) is 0 Å². The van der Waals surface area contributed by atoms with Crippen LogP contribution in [0.15, 0.2) is 39.7 Å². The molecule has 1 aliphatic heterocycles. The highest BCUT2D eigenvalue weighted by Crippen LogP contribution is 2.27. The van der Waals surface area contributed by atoms with Gasteiger partial charge >= 0.3 is 0 Å². The van der Waals surface area contributed by atoms with Crippen molar-refractivity contribution in [2.75, 3.05) is 19.6 Å². The molecule has 0 aliphatic carbocycles. The fourth-order valence-corrected chi connectivity index (χ4v) is 4.74. The highest BCUT2D eigenvalue weighted by molar-refractivity contribution is 9.10. The maximum atomic E-state index is 12.6. The van der Waals surface area contributed by atoms with E-state index in [0.717, 1.165) is 31.5 Å². The third kappa shape index (κ3) is 4.16. The van der Waals surface area contributed by atoms with Crippen molar-refractivity contribution in [1.29, 1.82) is 0 Å². The van der Waals surface area contributed by atoms with Crippen LogP contribution in [0, 0.1) is 0 Å². The van der Waals surface area contributed by atoms with Gasteiger partial charge in [-0.15, -0.1) is 0 Å². The van der Waals surface area contributed by atoms with Crippen LogP contribution in [0.4, 0.5) is 0 Å². The highest BCUT2D eigenvalue weighted by atomic mass is 79.9. The summed E-state index contributed by atoms with van der Waals surface area (Å²) in [6.45, 7) is 4.82. The lowest BCUT2D eigenvalue weighted by atomic mass is 10.2. The van der Waals surface area contributed by atoms with Crippen molar-refractivity contribution in [3.8, 4) is 0 Å². The van der Waals surface area contributed by atoms with Crippen LogP contribution in [-0.2, 0) is 16.6 Å². The summed E-state index contributed by atoms with van der Waals surface area (Å²) in [5.41, 5.74) is 1.08. The van der Waals surface area contributed by atoms with Crippen LogP contribution in [0.2, 0.25) is 0 Å². The van der Waals surface area contributed by atoms with Gasteiger partial charge in [0.2, 0.25) is 10.0 Å². The number of hydrogen-bond donors (Lipinski definition) is 1. The first-order valence-corrected chi connectivity index (χ1v) is 9.43. The summed E-state index contributed by atoms with van der Waals surface area (Å²) in [5.74, 6) is 0. The van der Waals surface area contributed by atoms with Crippen LogP contribution < -0.4 is 5.32 Å². The molecule has 0 fully saturated rings. The second-order valence-corrected chi connectivity index (χ2v) is 7.83. The molecule has 1 aromatic carbocycles. The molecule has 0 unspecified atom stereocenters. The summed E-state index contributed by atoms with van der Waals surface area (Å²) in [6.07, 6.45) is 5.77. The van der Waals surface area contributed by atoms with Crippen molar-refractivity contribution >= 4 is 26.0 Å². The molecule has 4 nitrogen and oxygen atoms in total. The summed E-state index contributed by atoms with van der Waals surface area (Å²) in [7, 11) is -3.42. The van der Waals surface area contributed by atoms with E-state index in [0.29, 0.717) is 22.5 Å². The van der Waals surface area contributed by atoms with E-state index in [1.807, 2.05) is 24.3 Å². The number of rotatable bonds is 6. The van der Waals surface area contributed by atoms with E-state index in [1.165, 1.54) is 4.31 Å². The van der Waals surface area contributed by atoms with Crippen molar-refractivity contribution in [2.24, 2.45) is 0 Å². The maximum absolute atomic E-state index is 12.6. The Hall–Kier alpha value is -0.690. The Morgan fingerprint density at radius 3 is 2.76 bits per heavy atom. The molecular formula is C15H21BrN2O2S. The summed E-state index contributed by atoms with van der Waals surface area (Å²) >= 11 is 3.41. The number of sulfonamides is 1. The van der Waals surface area contributed by atoms with Crippen LogP contribution in [0.3, 0.4) is 0 Å². The van der Waals surface area contributed by atoms with Crippen LogP contribution in [0.1, 0.15) is 25.3 Å². The smallest absolute Gasteiger partial charge is 0.244 e. The number of nitrogens with zero attached hydrogens (tertiary/aromatic N) is 1. The average molecular weight is 373 g/mol. The van der Waals surface area contributed by atoms with Crippen LogP contribution >= 0.6 is 15.9 Å². The van der Waals surface area contributed by atoms with E-state index in [9.17, 15) is 8.42 Å². The van der Waals surface area contributed by atoms with Gasteiger partial charge in [-0.25, -0.2) is 8.42 Å². The molecular weight excluding hydrogens is 352 g/mol. The van der Waals surface area contributed by atoms with Gasteiger partial charge in [0.25, 0.3) is 0 Å². The molecule has 116 valence electrons. The normalized spacial score (nSPS) is 16.3. The van der Waals surface area contributed by atoms with Crippen LogP contribution in [0.25, 0.3) is 0 Å². The molecule has 1 N–H and O–H groups in total. The number of halogens is 1. The Kier molecular flexibility index (Phi) is 5.98. The third-order valence-electron chi connectivity index (χ3n) is 3.39. The van der Waals surface area contributed by atoms with Crippen molar-refractivity contribution in [3.05, 3.63) is 40.4 Å². The van der Waals surface area contributed by atoms with E-state index in [4.69, 9.17) is 0 Å².